The lowest BCUT2D eigenvalue weighted by Gasteiger charge is -2.06. The van der Waals surface area contributed by atoms with E-state index in [2.05, 4.69) is 0 Å². The molecule has 1 aromatic heterocycles. The summed E-state index contributed by atoms with van der Waals surface area (Å²) in [5.74, 6) is -1.02. The van der Waals surface area contributed by atoms with Gasteiger partial charge in [-0.1, -0.05) is 23.2 Å². The van der Waals surface area contributed by atoms with Gasteiger partial charge < -0.3 is 9.84 Å². The maximum absolute atomic E-state index is 14.1. The van der Waals surface area contributed by atoms with Gasteiger partial charge in [-0.2, -0.15) is 0 Å². The molecular weight excluding hydrogens is 322 g/mol. The number of halogens is 3. The third-order valence-electron chi connectivity index (χ3n) is 3.37. The summed E-state index contributed by atoms with van der Waals surface area (Å²) in [6.07, 6.45) is 0. The molecule has 5 nitrogen and oxygen atoms in total. The van der Waals surface area contributed by atoms with Gasteiger partial charge in [0.25, 0.3) is 5.56 Å². The van der Waals surface area contributed by atoms with Crippen LogP contribution in [0.5, 0.6) is 5.75 Å². The van der Waals surface area contributed by atoms with Crippen LogP contribution in [-0.4, -0.2) is 27.7 Å². The summed E-state index contributed by atoms with van der Waals surface area (Å²) in [6.45, 7) is 1.53. The second-order valence-electron chi connectivity index (χ2n) is 4.61. The molecule has 0 atom stereocenters. The molecule has 0 saturated heterocycles. The molecule has 8 heteroatoms. The summed E-state index contributed by atoms with van der Waals surface area (Å²) in [7, 11) is 0. The molecule has 0 fully saturated rings. The molecule has 0 spiro atoms. The van der Waals surface area contributed by atoms with Crippen LogP contribution in [0, 0.1) is 5.82 Å². The number of aromatic hydroxyl groups is 1. The summed E-state index contributed by atoms with van der Waals surface area (Å²) in [6, 6.07) is 2.07. The second kappa shape index (κ2) is 5.36. The highest BCUT2D eigenvalue weighted by molar-refractivity contribution is 6.33. The molecule has 1 aliphatic heterocycles. The lowest BCUT2D eigenvalue weighted by atomic mass is 10.1. The van der Waals surface area contributed by atoms with Gasteiger partial charge in [0.1, 0.15) is 16.7 Å². The molecule has 2 heterocycles. The highest BCUT2D eigenvalue weighted by Gasteiger charge is 2.24. The second-order valence-corrected chi connectivity index (χ2v) is 5.38. The number of ether oxygens (including phenoxy) is 1. The lowest BCUT2D eigenvalue weighted by Crippen LogP contribution is -2.23. The first-order valence-electron chi connectivity index (χ1n) is 6.26. The van der Waals surface area contributed by atoms with E-state index in [1.165, 1.54) is 4.68 Å². The van der Waals surface area contributed by atoms with E-state index in [0.29, 0.717) is 26.3 Å². The third kappa shape index (κ3) is 2.33. The van der Waals surface area contributed by atoms with E-state index in [-0.39, 0.29) is 27.1 Å². The standard InChI is InChI=1S/C13H11Cl2FN2O3/c14-8-6-9(16)7(5-10(8)19)11-12(15)17-1-3-21-4-2-18(17)13(11)20/h5-6,19H,1-4H2. The smallest absolute Gasteiger partial charge is 0.276 e. The van der Waals surface area contributed by atoms with Crippen LogP contribution >= 0.6 is 23.2 Å². The molecule has 1 aliphatic rings. The van der Waals surface area contributed by atoms with Crippen molar-refractivity contribution in [1.82, 2.24) is 9.36 Å². The van der Waals surface area contributed by atoms with Gasteiger partial charge in [0.15, 0.2) is 0 Å². The summed E-state index contributed by atoms with van der Waals surface area (Å²) in [5, 5.41) is 9.63. The van der Waals surface area contributed by atoms with Crippen molar-refractivity contribution < 1.29 is 14.2 Å². The third-order valence-corrected chi connectivity index (χ3v) is 4.06. The average molecular weight is 333 g/mol. The van der Waals surface area contributed by atoms with Gasteiger partial charge >= 0.3 is 0 Å². The van der Waals surface area contributed by atoms with E-state index in [4.69, 9.17) is 27.9 Å². The number of hydrogen-bond donors (Lipinski definition) is 1. The van der Waals surface area contributed by atoms with Crippen molar-refractivity contribution in [2.75, 3.05) is 13.2 Å². The molecule has 1 aromatic carbocycles. The van der Waals surface area contributed by atoms with E-state index >= 15 is 0 Å². The predicted molar refractivity (Wildman–Crippen MR) is 76.6 cm³/mol. The van der Waals surface area contributed by atoms with E-state index in [9.17, 15) is 14.3 Å². The first-order valence-corrected chi connectivity index (χ1v) is 7.01. The highest BCUT2D eigenvalue weighted by Crippen LogP contribution is 2.34. The van der Waals surface area contributed by atoms with Crippen molar-refractivity contribution >= 4 is 23.2 Å². The average Bonchev–Trinajstić information content (AvgIpc) is 2.63. The van der Waals surface area contributed by atoms with Gasteiger partial charge in [-0.3, -0.25) is 9.48 Å². The van der Waals surface area contributed by atoms with Crippen molar-refractivity contribution in [3.05, 3.63) is 38.5 Å². The Labute approximate surface area is 129 Å². The van der Waals surface area contributed by atoms with Crippen LogP contribution in [0.15, 0.2) is 16.9 Å². The van der Waals surface area contributed by atoms with Crippen LogP contribution < -0.4 is 5.56 Å². The molecule has 21 heavy (non-hydrogen) atoms. The SMILES string of the molecule is O=c1c(-c2cc(O)c(Cl)cc2F)c(Cl)n2n1CCOCC2. The Morgan fingerprint density at radius 3 is 2.57 bits per heavy atom. The fourth-order valence-corrected chi connectivity index (χ4v) is 2.87. The first-order chi connectivity index (χ1) is 10.0. The van der Waals surface area contributed by atoms with Gasteiger partial charge in [-0.15, -0.1) is 0 Å². The Kier molecular flexibility index (Phi) is 3.69. The molecule has 0 amide bonds. The molecule has 112 valence electrons. The number of hydrogen-bond acceptors (Lipinski definition) is 3. The monoisotopic (exact) mass is 332 g/mol. The zero-order chi connectivity index (χ0) is 15.1. The molecule has 0 aliphatic carbocycles. The van der Waals surface area contributed by atoms with Crippen LogP contribution in [0.4, 0.5) is 4.39 Å². The first kappa shape index (κ1) is 14.4. The van der Waals surface area contributed by atoms with Crippen LogP contribution in [-0.2, 0) is 17.8 Å². The van der Waals surface area contributed by atoms with E-state index in [0.717, 1.165) is 12.1 Å². The van der Waals surface area contributed by atoms with E-state index < -0.39 is 11.4 Å². The fourth-order valence-electron chi connectivity index (χ4n) is 2.36. The van der Waals surface area contributed by atoms with Crippen molar-refractivity contribution in [3.8, 4) is 16.9 Å². The Bertz CT molecular complexity index is 770. The number of phenolic OH excluding ortho intramolecular Hbond substituents is 1. The van der Waals surface area contributed by atoms with Crippen LogP contribution in [0.1, 0.15) is 0 Å². The van der Waals surface area contributed by atoms with E-state index in [1.807, 2.05) is 0 Å². The summed E-state index contributed by atoms with van der Waals surface area (Å²) >= 11 is 11.9. The van der Waals surface area contributed by atoms with Gasteiger partial charge in [-0.05, 0) is 12.1 Å². The Hall–Kier alpha value is -1.50. The van der Waals surface area contributed by atoms with Crippen LogP contribution in [0.2, 0.25) is 10.2 Å². The molecule has 0 unspecified atom stereocenters. The van der Waals surface area contributed by atoms with Gasteiger partial charge in [0.2, 0.25) is 0 Å². The maximum Gasteiger partial charge on any atom is 0.276 e. The van der Waals surface area contributed by atoms with Crippen molar-refractivity contribution in [2.45, 2.75) is 13.1 Å². The number of rotatable bonds is 1. The number of aromatic nitrogens is 2. The minimum absolute atomic E-state index is 0.0167. The van der Waals surface area contributed by atoms with Gasteiger partial charge in [0, 0.05) is 5.56 Å². The molecule has 2 aromatic rings. The van der Waals surface area contributed by atoms with Gasteiger partial charge in [-0.25, -0.2) is 9.07 Å². The summed E-state index contributed by atoms with van der Waals surface area (Å²) in [4.78, 5) is 12.5. The van der Waals surface area contributed by atoms with Crippen LogP contribution in [0.25, 0.3) is 11.1 Å². The molecule has 0 bridgehead atoms. The predicted octanol–water partition coefficient (Wildman–Crippen LogP) is 2.50. The van der Waals surface area contributed by atoms with Gasteiger partial charge in [0.05, 0.1) is 36.9 Å². The van der Waals surface area contributed by atoms with Crippen molar-refractivity contribution in [3.63, 3.8) is 0 Å². The fraction of sp³-hybridized carbons (Fsp3) is 0.308. The quantitative estimate of drug-likeness (QED) is 0.872. The summed E-state index contributed by atoms with van der Waals surface area (Å²) < 4.78 is 22.3. The Balaban J connectivity index is 2.25. The largest absolute Gasteiger partial charge is 0.506 e. The zero-order valence-corrected chi connectivity index (χ0v) is 12.3. The number of nitrogens with zero attached hydrogens (tertiary/aromatic N) is 2. The number of phenols is 1. The highest BCUT2D eigenvalue weighted by atomic mass is 35.5. The number of benzene rings is 1. The van der Waals surface area contributed by atoms with Crippen molar-refractivity contribution in [2.24, 2.45) is 0 Å². The minimum atomic E-state index is -0.714. The molecule has 0 saturated carbocycles. The zero-order valence-electron chi connectivity index (χ0n) is 10.8. The Morgan fingerprint density at radius 1 is 1.19 bits per heavy atom. The molecule has 3 rings (SSSR count). The lowest BCUT2D eigenvalue weighted by molar-refractivity contribution is 0.137. The number of fused-ring (bicyclic) bond motifs is 1. The topological polar surface area (TPSA) is 56.4 Å². The van der Waals surface area contributed by atoms with E-state index in [1.54, 1.807) is 4.68 Å². The molecular formula is C13H11Cl2FN2O3. The summed E-state index contributed by atoms with van der Waals surface area (Å²) in [5.41, 5.74) is -0.477. The minimum Gasteiger partial charge on any atom is -0.506 e. The van der Waals surface area contributed by atoms with Crippen molar-refractivity contribution in [1.29, 1.82) is 0 Å². The maximum atomic E-state index is 14.1. The Morgan fingerprint density at radius 2 is 1.86 bits per heavy atom. The normalized spacial score (nSPS) is 14.8. The molecule has 1 N–H and O–H groups in total. The molecule has 0 radical (unpaired) electrons. The van der Waals surface area contributed by atoms with Crippen LogP contribution in [0.3, 0.4) is 0 Å².